The number of ether oxygens (including phenoxy) is 1. The van der Waals surface area contributed by atoms with E-state index in [9.17, 15) is 10.2 Å². The zero-order valence-corrected chi connectivity index (χ0v) is 11.7. The molecule has 0 spiro atoms. The molecule has 1 aliphatic heterocycles. The molecule has 0 fully saturated rings. The van der Waals surface area contributed by atoms with Crippen LogP contribution >= 0.6 is 15.9 Å². The monoisotopic (exact) mass is 320 g/mol. The van der Waals surface area contributed by atoms with Gasteiger partial charge in [0.25, 0.3) is 0 Å². The molecule has 0 aromatic heterocycles. The smallest absolute Gasteiger partial charge is 0.127 e. The van der Waals surface area contributed by atoms with Gasteiger partial charge in [-0.15, -0.1) is 0 Å². The molecule has 1 aliphatic rings. The van der Waals surface area contributed by atoms with Crippen LogP contribution in [0.3, 0.4) is 0 Å². The summed E-state index contributed by atoms with van der Waals surface area (Å²) in [5.41, 5.74) is 1.67. The number of benzene rings is 2. The van der Waals surface area contributed by atoms with Crippen LogP contribution in [0.25, 0.3) is 0 Å². The number of fused-ring (bicyclic) bond motifs is 1. The highest BCUT2D eigenvalue weighted by Crippen LogP contribution is 2.42. The standard InChI is InChI=1S/C15H13BrO3/c16-10-4-5-14-12(7-10)13(18)8-15(19-14)9-2-1-3-11(17)6-9/h1-7,13,15,17-18H,8H2/t13-,15?/m1/s1. The first kappa shape index (κ1) is 12.5. The Balaban J connectivity index is 1.95. The van der Waals surface area contributed by atoms with Crippen molar-refractivity contribution in [1.29, 1.82) is 0 Å². The van der Waals surface area contributed by atoms with Crippen molar-refractivity contribution in [3.05, 3.63) is 58.1 Å². The van der Waals surface area contributed by atoms with Gasteiger partial charge in [-0.05, 0) is 35.9 Å². The van der Waals surface area contributed by atoms with Crippen molar-refractivity contribution in [1.82, 2.24) is 0 Å². The predicted molar refractivity (Wildman–Crippen MR) is 75.2 cm³/mol. The number of aliphatic hydroxyl groups excluding tert-OH is 1. The molecule has 0 amide bonds. The van der Waals surface area contributed by atoms with E-state index in [1.54, 1.807) is 18.2 Å². The van der Waals surface area contributed by atoms with Gasteiger partial charge in [-0.1, -0.05) is 28.1 Å². The van der Waals surface area contributed by atoms with Crippen molar-refractivity contribution in [2.45, 2.75) is 18.6 Å². The molecule has 2 aromatic carbocycles. The van der Waals surface area contributed by atoms with Gasteiger partial charge in [0.2, 0.25) is 0 Å². The molecule has 0 saturated carbocycles. The van der Waals surface area contributed by atoms with Gasteiger partial charge in [0.05, 0.1) is 6.10 Å². The van der Waals surface area contributed by atoms with Crippen molar-refractivity contribution < 1.29 is 14.9 Å². The van der Waals surface area contributed by atoms with Gasteiger partial charge in [-0.2, -0.15) is 0 Å². The highest BCUT2D eigenvalue weighted by Gasteiger charge is 2.28. The number of aliphatic hydroxyl groups is 1. The highest BCUT2D eigenvalue weighted by molar-refractivity contribution is 9.10. The van der Waals surface area contributed by atoms with Crippen LogP contribution in [0, 0.1) is 0 Å². The third kappa shape index (κ3) is 2.46. The van der Waals surface area contributed by atoms with E-state index in [1.165, 1.54) is 0 Å². The molecule has 0 radical (unpaired) electrons. The summed E-state index contributed by atoms with van der Waals surface area (Å²) < 4.78 is 6.83. The summed E-state index contributed by atoms with van der Waals surface area (Å²) in [6.07, 6.45) is -0.322. The molecule has 2 aromatic rings. The van der Waals surface area contributed by atoms with Crippen LogP contribution in [-0.4, -0.2) is 10.2 Å². The lowest BCUT2D eigenvalue weighted by Crippen LogP contribution is -2.18. The Morgan fingerprint density at radius 2 is 2.00 bits per heavy atom. The van der Waals surface area contributed by atoms with E-state index in [4.69, 9.17) is 4.74 Å². The number of rotatable bonds is 1. The van der Waals surface area contributed by atoms with Gasteiger partial charge in [0.1, 0.15) is 17.6 Å². The van der Waals surface area contributed by atoms with Crippen molar-refractivity contribution in [3.63, 3.8) is 0 Å². The first-order chi connectivity index (χ1) is 9.13. The van der Waals surface area contributed by atoms with Crippen LogP contribution in [-0.2, 0) is 0 Å². The maximum atomic E-state index is 10.2. The molecular weight excluding hydrogens is 308 g/mol. The van der Waals surface area contributed by atoms with E-state index in [0.29, 0.717) is 12.2 Å². The minimum atomic E-state index is -0.561. The fourth-order valence-corrected chi connectivity index (χ4v) is 2.73. The van der Waals surface area contributed by atoms with Crippen LogP contribution in [0.1, 0.15) is 29.8 Å². The molecule has 19 heavy (non-hydrogen) atoms. The number of hydrogen-bond donors (Lipinski definition) is 2. The molecule has 1 unspecified atom stereocenters. The van der Waals surface area contributed by atoms with E-state index in [1.807, 2.05) is 24.3 Å². The second kappa shape index (κ2) is 4.87. The van der Waals surface area contributed by atoms with E-state index in [-0.39, 0.29) is 11.9 Å². The van der Waals surface area contributed by atoms with Crippen molar-refractivity contribution in [2.24, 2.45) is 0 Å². The normalized spacial score (nSPS) is 21.6. The molecule has 3 rings (SSSR count). The summed E-state index contributed by atoms with van der Waals surface area (Å²) in [4.78, 5) is 0. The molecule has 3 nitrogen and oxygen atoms in total. The lowest BCUT2D eigenvalue weighted by molar-refractivity contribution is 0.0655. The first-order valence-electron chi connectivity index (χ1n) is 6.06. The molecule has 0 saturated heterocycles. The summed E-state index contributed by atoms with van der Waals surface area (Å²) in [7, 11) is 0. The Bertz CT molecular complexity index is 612. The van der Waals surface area contributed by atoms with Crippen LogP contribution < -0.4 is 4.74 Å². The number of phenolic OH excluding ortho intramolecular Hbond substituents is 1. The third-order valence-electron chi connectivity index (χ3n) is 3.28. The minimum Gasteiger partial charge on any atom is -0.508 e. The molecule has 2 atom stereocenters. The van der Waals surface area contributed by atoms with Gasteiger partial charge in [-0.25, -0.2) is 0 Å². The SMILES string of the molecule is Oc1cccc(C2C[C@@H](O)c3cc(Br)ccc3O2)c1. The predicted octanol–water partition coefficient (Wildman–Crippen LogP) is 3.71. The summed E-state index contributed by atoms with van der Waals surface area (Å²) in [6, 6.07) is 12.6. The van der Waals surface area contributed by atoms with Gasteiger partial charge >= 0.3 is 0 Å². The molecule has 1 heterocycles. The second-order valence-corrected chi connectivity index (χ2v) is 5.55. The Morgan fingerprint density at radius 3 is 2.79 bits per heavy atom. The molecule has 98 valence electrons. The van der Waals surface area contributed by atoms with Crippen LogP contribution in [0.15, 0.2) is 46.9 Å². The second-order valence-electron chi connectivity index (χ2n) is 4.64. The topological polar surface area (TPSA) is 49.7 Å². The number of hydrogen-bond acceptors (Lipinski definition) is 3. The van der Waals surface area contributed by atoms with Gasteiger partial charge in [0, 0.05) is 16.5 Å². The van der Waals surface area contributed by atoms with Crippen LogP contribution in [0.4, 0.5) is 0 Å². The Labute approximate surface area is 119 Å². The van der Waals surface area contributed by atoms with Crippen molar-refractivity contribution in [3.8, 4) is 11.5 Å². The van der Waals surface area contributed by atoms with E-state index in [0.717, 1.165) is 15.6 Å². The lowest BCUT2D eigenvalue weighted by Gasteiger charge is -2.30. The third-order valence-corrected chi connectivity index (χ3v) is 3.77. The lowest BCUT2D eigenvalue weighted by atomic mass is 9.95. The average molecular weight is 321 g/mol. The van der Waals surface area contributed by atoms with Gasteiger partial charge in [-0.3, -0.25) is 0 Å². The van der Waals surface area contributed by atoms with Crippen molar-refractivity contribution >= 4 is 15.9 Å². The Morgan fingerprint density at radius 1 is 1.16 bits per heavy atom. The summed E-state index contributed by atoms with van der Waals surface area (Å²) in [5.74, 6) is 0.896. The maximum Gasteiger partial charge on any atom is 0.127 e. The molecule has 2 N–H and O–H groups in total. The van der Waals surface area contributed by atoms with E-state index < -0.39 is 6.10 Å². The molecular formula is C15H13BrO3. The zero-order valence-electron chi connectivity index (χ0n) is 10.1. The molecule has 0 aliphatic carbocycles. The number of aromatic hydroxyl groups is 1. The fourth-order valence-electron chi connectivity index (χ4n) is 2.35. The Hall–Kier alpha value is -1.52. The maximum absolute atomic E-state index is 10.2. The zero-order chi connectivity index (χ0) is 13.4. The number of halogens is 1. The molecule has 0 bridgehead atoms. The summed E-state index contributed by atoms with van der Waals surface area (Å²) in [5, 5.41) is 19.7. The average Bonchev–Trinajstić information content (AvgIpc) is 2.39. The van der Waals surface area contributed by atoms with Crippen LogP contribution in [0.5, 0.6) is 11.5 Å². The first-order valence-corrected chi connectivity index (χ1v) is 6.86. The van der Waals surface area contributed by atoms with E-state index >= 15 is 0 Å². The quantitative estimate of drug-likeness (QED) is 0.842. The Kier molecular flexibility index (Phi) is 3.21. The summed E-state index contributed by atoms with van der Waals surface area (Å²) in [6.45, 7) is 0. The van der Waals surface area contributed by atoms with Gasteiger partial charge in [0.15, 0.2) is 0 Å². The number of phenols is 1. The summed E-state index contributed by atoms with van der Waals surface area (Å²) >= 11 is 3.39. The van der Waals surface area contributed by atoms with Gasteiger partial charge < -0.3 is 14.9 Å². The van der Waals surface area contributed by atoms with Crippen molar-refractivity contribution in [2.75, 3.05) is 0 Å². The largest absolute Gasteiger partial charge is 0.508 e. The fraction of sp³-hybridized carbons (Fsp3) is 0.200. The highest BCUT2D eigenvalue weighted by atomic mass is 79.9. The van der Waals surface area contributed by atoms with Crippen LogP contribution in [0.2, 0.25) is 0 Å². The minimum absolute atomic E-state index is 0.206. The molecule has 4 heteroatoms. The van der Waals surface area contributed by atoms with E-state index in [2.05, 4.69) is 15.9 Å².